The van der Waals surface area contributed by atoms with Gasteiger partial charge in [-0.3, -0.25) is 9.59 Å². The van der Waals surface area contributed by atoms with E-state index in [-0.39, 0.29) is 23.1 Å². The molecule has 0 fully saturated rings. The van der Waals surface area contributed by atoms with Crippen molar-refractivity contribution in [1.29, 1.82) is 0 Å². The normalized spacial score (nSPS) is 12.9. The Morgan fingerprint density at radius 3 is 2.50 bits per heavy atom. The highest BCUT2D eigenvalue weighted by Gasteiger charge is 2.31. The van der Waals surface area contributed by atoms with Crippen molar-refractivity contribution in [3.05, 3.63) is 38.9 Å². The molecule has 0 saturated carbocycles. The second kappa shape index (κ2) is 7.71. The molecule has 1 aliphatic rings. The van der Waals surface area contributed by atoms with Crippen LogP contribution in [0, 0.1) is 0 Å². The molecule has 1 heterocycles. The van der Waals surface area contributed by atoms with Crippen LogP contribution in [0.15, 0.2) is 16.9 Å². The highest BCUT2D eigenvalue weighted by Crippen LogP contribution is 2.41. The number of azide groups is 1. The highest BCUT2D eigenvalue weighted by atomic mass is 16.5. The Morgan fingerprint density at radius 1 is 1.31 bits per heavy atom. The van der Waals surface area contributed by atoms with Crippen LogP contribution in [0.1, 0.15) is 35.3 Å². The number of ether oxygens (including phenoxy) is 2. The minimum Gasteiger partial charge on any atom is -0.496 e. The lowest BCUT2D eigenvalue weighted by Gasteiger charge is -2.20. The van der Waals surface area contributed by atoms with E-state index in [9.17, 15) is 14.4 Å². The molecule has 136 valence electrons. The number of amides is 1. The van der Waals surface area contributed by atoms with Crippen molar-refractivity contribution in [1.82, 2.24) is 0 Å². The van der Waals surface area contributed by atoms with E-state index in [1.165, 1.54) is 39.0 Å². The first-order valence-corrected chi connectivity index (χ1v) is 7.73. The fourth-order valence-corrected chi connectivity index (χ4v) is 2.97. The van der Waals surface area contributed by atoms with Crippen LogP contribution in [0.4, 0.5) is 5.69 Å². The van der Waals surface area contributed by atoms with Gasteiger partial charge in [0.1, 0.15) is 11.4 Å². The molecule has 0 aromatic heterocycles. The predicted octanol–water partition coefficient (Wildman–Crippen LogP) is 2.63. The van der Waals surface area contributed by atoms with Crippen LogP contribution in [0.5, 0.6) is 5.75 Å². The third-order valence-electron chi connectivity index (χ3n) is 4.05. The molecule has 0 N–H and O–H groups in total. The molecule has 0 unspecified atom stereocenters. The van der Waals surface area contributed by atoms with E-state index in [2.05, 4.69) is 14.8 Å². The second-order valence-corrected chi connectivity index (χ2v) is 5.56. The number of benzene rings is 1. The van der Waals surface area contributed by atoms with Crippen LogP contribution in [-0.2, 0) is 20.7 Å². The topological polar surface area (TPSA) is 122 Å². The van der Waals surface area contributed by atoms with Gasteiger partial charge in [-0.25, -0.2) is 4.79 Å². The number of hydrogen-bond acceptors (Lipinski definition) is 6. The summed E-state index contributed by atoms with van der Waals surface area (Å²) in [7, 11) is 2.58. The van der Waals surface area contributed by atoms with Gasteiger partial charge in [-0.05, 0) is 42.1 Å². The largest absolute Gasteiger partial charge is 0.496 e. The lowest BCUT2D eigenvalue weighted by Crippen LogP contribution is -2.27. The van der Waals surface area contributed by atoms with Gasteiger partial charge in [-0.15, -0.1) is 0 Å². The molecule has 0 radical (unpaired) electrons. The van der Waals surface area contributed by atoms with Gasteiger partial charge in [0.15, 0.2) is 5.78 Å². The van der Waals surface area contributed by atoms with E-state index in [1.807, 2.05) is 0 Å². The summed E-state index contributed by atoms with van der Waals surface area (Å²) in [6, 6.07) is 1.58. The molecule has 0 atom stereocenters. The van der Waals surface area contributed by atoms with Crippen molar-refractivity contribution in [3.8, 4) is 5.75 Å². The predicted molar refractivity (Wildman–Crippen MR) is 93.9 cm³/mol. The first kappa shape index (κ1) is 19.0. The Bertz CT molecular complexity index is 868. The molecule has 0 bridgehead atoms. The van der Waals surface area contributed by atoms with Gasteiger partial charge in [0.05, 0.1) is 25.5 Å². The zero-order chi connectivity index (χ0) is 19.4. The van der Waals surface area contributed by atoms with Gasteiger partial charge in [0, 0.05) is 18.4 Å². The monoisotopic (exact) mass is 358 g/mol. The lowest BCUT2D eigenvalue weighted by molar-refractivity contribution is -0.136. The van der Waals surface area contributed by atoms with E-state index >= 15 is 0 Å². The van der Waals surface area contributed by atoms with Crippen LogP contribution in [0.2, 0.25) is 0 Å². The lowest BCUT2D eigenvalue weighted by atomic mass is 9.96. The minimum absolute atomic E-state index is 0.210. The summed E-state index contributed by atoms with van der Waals surface area (Å²) in [5, 5.41) is 3.36. The van der Waals surface area contributed by atoms with Crippen LogP contribution < -0.4 is 9.64 Å². The standard InChI is InChI=1S/C17H18N4O5/c1-9(22)15-14(25-3)8-11(7-13(19-20-18)17(24)26-4)12-5-6-21(10(2)23)16(12)15/h7-8H,5-6H2,1-4H3/b13-7-. The first-order chi connectivity index (χ1) is 12.3. The zero-order valence-corrected chi connectivity index (χ0v) is 14.9. The molecule has 0 saturated heterocycles. The molecule has 0 spiro atoms. The Labute approximate surface area is 149 Å². The number of ketones is 1. The number of carbonyl (C=O) groups excluding carboxylic acids is 3. The minimum atomic E-state index is -0.799. The van der Waals surface area contributed by atoms with Crippen molar-refractivity contribution in [2.45, 2.75) is 20.3 Å². The summed E-state index contributed by atoms with van der Waals surface area (Å²) in [5.74, 6) is -0.990. The van der Waals surface area contributed by atoms with Crippen LogP contribution in [0.3, 0.4) is 0 Å². The van der Waals surface area contributed by atoms with E-state index in [0.29, 0.717) is 35.3 Å². The molecule has 2 rings (SSSR count). The summed E-state index contributed by atoms with van der Waals surface area (Å²) in [6.45, 7) is 3.20. The van der Waals surface area contributed by atoms with Gasteiger partial charge in [-0.1, -0.05) is 5.11 Å². The molecule has 1 aliphatic heterocycles. The van der Waals surface area contributed by atoms with Crippen molar-refractivity contribution >= 4 is 29.4 Å². The van der Waals surface area contributed by atoms with Crippen LogP contribution in [-0.4, -0.2) is 38.4 Å². The first-order valence-electron chi connectivity index (χ1n) is 7.73. The summed E-state index contributed by atoms with van der Waals surface area (Å²) < 4.78 is 9.93. The number of Topliss-reactive ketones (excluding diaryl/α,β-unsaturated/α-hetero) is 1. The van der Waals surface area contributed by atoms with Crippen molar-refractivity contribution in [2.75, 3.05) is 25.7 Å². The maximum atomic E-state index is 12.2. The third kappa shape index (κ3) is 3.38. The number of esters is 1. The van der Waals surface area contributed by atoms with Crippen LogP contribution in [0.25, 0.3) is 16.5 Å². The quantitative estimate of drug-likeness (QED) is 0.200. The Balaban J connectivity index is 2.81. The number of methoxy groups -OCH3 is 2. The average Bonchev–Trinajstić information content (AvgIpc) is 3.04. The highest BCUT2D eigenvalue weighted by molar-refractivity contribution is 6.09. The number of hydrogen-bond donors (Lipinski definition) is 0. The molecular weight excluding hydrogens is 340 g/mol. The maximum Gasteiger partial charge on any atom is 0.340 e. The van der Waals surface area contributed by atoms with E-state index in [4.69, 9.17) is 10.3 Å². The van der Waals surface area contributed by atoms with Crippen LogP contribution >= 0.6 is 0 Å². The van der Waals surface area contributed by atoms with Crippen molar-refractivity contribution in [3.63, 3.8) is 0 Å². The molecule has 26 heavy (non-hydrogen) atoms. The number of fused-ring (bicyclic) bond motifs is 1. The molecule has 1 aromatic rings. The van der Waals surface area contributed by atoms with Gasteiger partial charge < -0.3 is 14.4 Å². The zero-order valence-electron chi connectivity index (χ0n) is 14.9. The molecule has 9 heteroatoms. The fraction of sp³-hybridized carbons (Fsp3) is 0.353. The fourth-order valence-electron chi connectivity index (χ4n) is 2.97. The summed E-state index contributed by atoms with van der Waals surface area (Å²) in [5.41, 5.74) is 10.4. The van der Waals surface area contributed by atoms with Gasteiger partial charge in [-0.2, -0.15) is 0 Å². The summed E-state index contributed by atoms with van der Waals surface area (Å²) in [4.78, 5) is 40.1. The molecular formula is C17H18N4O5. The van der Waals surface area contributed by atoms with Gasteiger partial charge >= 0.3 is 5.97 Å². The third-order valence-corrected chi connectivity index (χ3v) is 4.05. The Kier molecular flexibility index (Phi) is 5.64. The Hall–Kier alpha value is -3.32. The van der Waals surface area contributed by atoms with Crippen molar-refractivity contribution in [2.24, 2.45) is 5.11 Å². The number of anilines is 1. The van der Waals surface area contributed by atoms with Gasteiger partial charge in [0.2, 0.25) is 5.91 Å². The van der Waals surface area contributed by atoms with E-state index in [1.54, 1.807) is 6.07 Å². The Morgan fingerprint density at radius 2 is 2.00 bits per heavy atom. The number of rotatable bonds is 5. The van der Waals surface area contributed by atoms with E-state index < -0.39 is 5.97 Å². The second-order valence-electron chi connectivity index (χ2n) is 5.56. The van der Waals surface area contributed by atoms with E-state index in [0.717, 1.165) is 0 Å². The summed E-state index contributed by atoms with van der Waals surface area (Å²) in [6.07, 6.45) is 1.84. The average molecular weight is 358 g/mol. The molecule has 0 aliphatic carbocycles. The molecule has 9 nitrogen and oxygen atoms in total. The molecule has 1 aromatic carbocycles. The van der Waals surface area contributed by atoms with Gasteiger partial charge in [0.25, 0.3) is 0 Å². The summed E-state index contributed by atoms with van der Waals surface area (Å²) >= 11 is 0. The maximum absolute atomic E-state index is 12.2. The number of carbonyl (C=O) groups is 3. The number of nitrogens with zero attached hydrogens (tertiary/aromatic N) is 4. The smallest absolute Gasteiger partial charge is 0.340 e. The SMILES string of the molecule is COC(=O)/C(=C/c1cc(OC)c(C(C)=O)c2c1CCN2C(C)=O)N=[N+]=[N-]. The van der Waals surface area contributed by atoms with Crippen molar-refractivity contribution < 1.29 is 23.9 Å². The molecule has 1 amide bonds.